The summed E-state index contributed by atoms with van der Waals surface area (Å²) in [5.74, 6) is -0.406. The van der Waals surface area contributed by atoms with Gasteiger partial charge in [0.15, 0.2) is 0 Å². The summed E-state index contributed by atoms with van der Waals surface area (Å²) in [6, 6.07) is 9.46. The zero-order chi connectivity index (χ0) is 24.7. The highest BCUT2D eigenvalue weighted by Crippen LogP contribution is 2.25. The van der Waals surface area contributed by atoms with Crippen LogP contribution in [-0.4, -0.2) is 69.5 Å². The fourth-order valence-electron chi connectivity index (χ4n) is 4.49. The maximum Gasteiger partial charge on any atom is 0.245 e. The van der Waals surface area contributed by atoms with E-state index in [4.69, 9.17) is 0 Å². The molecule has 9 nitrogen and oxygen atoms in total. The zero-order valence-electron chi connectivity index (χ0n) is 19.4. The predicted octanol–water partition coefficient (Wildman–Crippen LogP) is 2.58. The summed E-state index contributed by atoms with van der Waals surface area (Å²) in [6.07, 6.45) is 3.24. The number of aryl methyl sites for hydroxylation is 1. The maximum absolute atomic E-state index is 13.3. The number of sulfonamides is 1. The molecule has 11 heteroatoms. The van der Waals surface area contributed by atoms with Gasteiger partial charge in [0.25, 0.3) is 0 Å². The van der Waals surface area contributed by atoms with E-state index in [9.17, 15) is 17.6 Å². The van der Waals surface area contributed by atoms with Gasteiger partial charge in [0.1, 0.15) is 16.4 Å². The number of amides is 1. The molecule has 1 fully saturated rings. The SMILES string of the molecule is Cc1nn(-c2ccc(F)cc2)c(C)c1CC(=O)N1CCN(S(=O)(=O)c2c[nH]c3ncccc23)CC1. The van der Waals surface area contributed by atoms with E-state index in [1.807, 2.05) is 13.8 Å². The Kier molecular flexibility index (Phi) is 5.89. The minimum absolute atomic E-state index is 0.0804. The van der Waals surface area contributed by atoms with Gasteiger partial charge in [0.2, 0.25) is 15.9 Å². The lowest BCUT2D eigenvalue weighted by Crippen LogP contribution is -2.50. The average molecular weight is 497 g/mol. The van der Waals surface area contributed by atoms with Gasteiger partial charge in [-0.1, -0.05) is 0 Å². The highest BCUT2D eigenvalue weighted by molar-refractivity contribution is 7.89. The molecule has 0 aliphatic carbocycles. The predicted molar refractivity (Wildman–Crippen MR) is 128 cm³/mol. The van der Waals surface area contributed by atoms with Gasteiger partial charge in [0, 0.05) is 55.2 Å². The van der Waals surface area contributed by atoms with E-state index in [-0.39, 0.29) is 36.1 Å². The lowest BCUT2D eigenvalue weighted by molar-refractivity contribution is -0.131. The third-order valence-corrected chi connectivity index (χ3v) is 8.40. The molecule has 4 heterocycles. The summed E-state index contributed by atoms with van der Waals surface area (Å²) in [6.45, 7) is 4.77. The van der Waals surface area contributed by atoms with Crippen molar-refractivity contribution in [2.75, 3.05) is 26.2 Å². The topological polar surface area (TPSA) is 104 Å². The molecule has 1 aliphatic heterocycles. The number of aromatic nitrogens is 4. The van der Waals surface area contributed by atoms with E-state index in [2.05, 4.69) is 15.1 Å². The van der Waals surface area contributed by atoms with Gasteiger partial charge in [-0.05, 0) is 50.2 Å². The molecule has 182 valence electrons. The number of halogens is 1. The van der Waals surface area contributed by atoms with E-state index < -0.39 is 10.0 Å². The van der Waals surface area contributed by atoms with Gasteiger partial charge in [-0.15, -0.1) is 0 Å². The van der Waals surface area contributed by atoms with Crippen molar-refractivity contribution in [2.45, 2.75) is 25.2 Å². The molecule has 35 heavy (non-hydrogen) atoms. The monoisotopic (exact) mass is 496 g/mol. The molecule has 0 atom stereocenters. The number of fused-ring (bicyclic) bond motifs is 1. The number of aromatic amines is 1. The number of nitrogens with zero attached hydrogens (tertiary/aromatic N) is 5. The van der Waals surface area contributed by atoms with E-state index >= 15 is 0 Å². The Bertz CT molecular complexity index is 1500. The van der Waals surface area contributed by atoms with Crippen molar-refractivity contribution in [2.24, 2.45) is 0 Å². The number of hydrogen-bond donors (Lipinski definition) is 1. The molecule has 1 N–H and O–H groups in total. The minimum atomic E-state index is -3.71. The van der Waals surface area contributed by atoms with Gasteiger partial charge >= 0.3 is 0 Å². The van der Waals surface area contributed by atoms with Crippen molar-refractivity contribution in [3.63, 3.8) is 0 Å². The smallest absolute Gasteiger partial charge is 0.245 e. The molecule has 1 amide bonds. The highest BCUT2D eigenvalue weighted by Gasteiger charge is 2.32. The summed E-state index contributed by atoms with van der Waals surface area (Å²) < 4.78 is 42.8. The first-order valence-electron chi connectivity index (χ1n) is 11.3. The van der Waals surface area contributed by atoms with Crippen LogP contribution in [0.4, 0.5) is 4.39 Å². The number of benzene rings is 1. The van der Waals surface area contributed by atoms with E-state index in [1.54, 1.807) is 40.0 Å². The third-order valence-electron chi connectivity index (χ3n) is 6.46. The zero-order valence-corrected chi connectivity index (χ0v) is 20.2. The van der Waals surface area contributed by atoms with Crippen LogP contribution in [0.5, 0.6) is 0 Å². The van der Waals surface area contributed by atoms with Crippen LogP contribution < -0.4 is 0 Å². The Labute approximate surface area is 202 Å². The number of rotatable bonds is 5. The Hall–Kier alpha value is -3.57. The summed E-state index contributed by atoms with van der Waals surface area (Å²) in [4.78, 5) is 22.0. The third kappa shape index (κ3) is 4.21. The molecule has 0 unspecified atom stereocenters. The number of hydrogen-bond acceptors (Lipinski definition) is 5. The summed E-state index contributed by atoms with van der Waals surface area (Å²) in [7, 11) is -3.71. The molecule has 1 aliphatic rings. The molecule has 3 aromatic heterocycles. The van der Waals surface area contributed by atoms with Crippen LogP contribution in [0, 0.1) is 19.7 Å². The second kappa shape index (κ2) is 8.90. The lowest BCUT2D eigenvalue weighted by Gasteiger charge is -2.34. The Balaban J connectivity index is 1.27. The molecular weight excluding hydrogens is 471 g/mol. The van der Waals surface area contributed by atoms with Crippen LogP contribution in [0.25, 0.3) is 16.7 Å². The minimum Gasteiger partial charge on any atom is -0.345 e. The van der Waals surface area contributed by atoms with Crippen LogP contribution >= 0.6 is 0 Å². The van der Waals surface area contributed by atoms with Crippen molar-refractivity contribution >= 4 is 27.0 Å². The standard InChI is InChI=1S/C24H25FN6O3S/c1-16-21(17(2)31(28-16)19-7-5-18(25)6-8-19)14-23(32)29-10-12-30(13-11-29)35(33,34)22-15-27-24-20(22)4-3-9-26-24/h3-9,15H,10-14H2,1-2H3,(H,26,27). The van der Waals surface area contributed by atoms with Gasteiger partial charge in [-0.25, -0.2) is 22.5 Å². The molecule has 4 aromatic rings. The lowest BCUT2D eigenvalue weighted by atomic mass is 10.1. The van der Waals surface area contributed by atoms with E-state index in [0.29, 0.717) is 24.1 Å². The van der Waals surface area contributed by atoms with Crippen molar-refractivity contribution in [3.8, 4) is 5.69 Å². The Morgan fingerprint density at radius 3 is 2.51 bits per heavy atom. The van der Waals surface area contributed by atoms with Crippen molar-refractivity contribution in [1.29, 1.82) is 0 Å². The largest absolute Gasteiger partial charge is 0.345 e. The summed E-state index contributed by atoms with van der Waals surface area (Å²) in [5, 5.41) is 5.08. The number of pyridine rings is 1. The van der Waals surface area contributed by atoms with E-state index in [0.717, 1.165) is 22.6 Å². The molecule has 0 radical (unpaired) electrons. The molecular formula is C24H25FN6O3S. The van der Waals surface area contributed by atoms with Crippen molar-refractivity contribution < 1.29 is 17.6 Å². The van der Waals surface area contributed by atoms with Crippen LogP contribution in [-0.2, 0) is 21.2 Å². The molecule has 0 saturated carbocycles. The fraction of sp³-hybridized carbons (Fsp3) is 0.292. The van der Waals surface area contributed by atoms with Gasteiger partial charge in [-0.2, -0.15) is 9.40 Å². The molecule has 5 rings (SSSR count). The van der Waals surface area contributed by atoms with Crippen LogP contribution in [0.15, 0.2) is 53.7 Å². The number of piperazine rings is 1. The van der Waals surface area contributed by atoms with Gasteiger partial charge in [0.05, 0.1) is 17.8 Å². The van der Waals surface area contributed by atoms with Crippen LogP contribution in [0.3, 0.4) is 0 Å². The molecule has 0 spiro atoms. The van der Waals surface area contributed by atoms with Gasteiger partial charge in [-0.3, -0.25) is 4.79 Å². The second-order valence-corrected chi connectivity index (χ2v) is 10.5. The van der Waals surface area contributed by atoms with Crippen LogP contribution in [0.1, 0.15) is 17.0 Å². The van der Waals surface area contributed by atoms with Crippen molar-refractivity contribution in [1.82, 2.24) is 29.0 Å². The first-order valence-corrected chi connectivity index (χ1v) is 12.7. The fourth-order valence-corrected chi connectivity index (χ4v) is 6.06. The Morgan fingerprint density at radius 1 is 1.09 bits per heavy atom. The maximum atomic E-state index is 13.3. The first kappa shape index (κ1) is 23.2. The summed E-state index contributed by atoms with van der Waals surface area (Å²) >= 11 is 0. The number of H-pyrrole nitrogens is 1. The number of nitrogens with one attached hydrogen (secondary N) is 1. The van der Waals surface area contributed by atoms with E-state index in [1.165, 1.54) is 22.6 Å². The van der Waals surface area contributed by atoms with Gasteiger partial charge < -0.3 is 9.88 Å². The Morgan fingerprint density at radius 2 is 1.80 bits per heavy atom. The van der Waals surface area contributed by atoms with Crippen LogP contribution in [0.2, 0.25) is 0 Å². The number of carbonyl (C=O) groups excluding carboxylic acids is 1. The second-order valence-electron chi connectivity index (χ2n) is 8.55. The molecule has 1 aromatic carbocycles. The summed E-state index contributed by atoms with van der Waals surface area (Å²) in [5.41, 5.74) is 3.61. The number of carbonyl (C=O) groups is 1. The average Bonchev–Trinajstić information content (AvgIpc) is 3.42. The molecule has 0 bridgehead atoms. The highest BCUT2D eigenvalue weighted by atomic mass is 32.2. The quantitative estimate of drug-likeness (QED) is 0.457. The first-order chi connectivity index (χ1) is 16.8. The molecule has 1 saturated heterocycles. The van der Waals surface area contributed by atoms with Crippen molar-refractivity contribution in [3.05, 3.63) is 71.6 Å². The normalized spacial score (nSPS) is 15.1.